The Kier molecular flexibility index (Phi) is 7.07. The Hall–Kier alpha value is -1.36. The molecule has 1 aromatic carbocycles. The highest BCUT2D eigenvalue weighted by atomic mass is 35.5. The summed E-state index contributed by atoms with van der Waals surface area (Å²) >= 11 is 1.75. The fourth-order valence-corrected chi connectivity index (χ4v) is 3.46. The molecule has 0 aliphatic heterocycles. The van der Waals surface area contributed by atoms with Gasteiger partial charge in [0, 0.05) is 9.75 Å². The minimum Gasteiger partial charge on any atom is -0.348 e. The van der Waals surface area contributed by atoms with E-state index >= 15 is 0 Å². The first-order valence-corrected chi connectivity index (χ1v) is 7.96. The normalized spacial score (nSPS) is 13.1. The van der Waals surface area contributed by atoms with Gasteiger partial charge >= 0.3 is 0 Å². The second-order valence-corrected chi connectivity index (χ2v) is 6.86. The van der Waals surface area contributed by atoms with Crippen LogP contribution in [0.4, 0.5) is 0 Å². The van der Waals surface area contributed by atoms with E-state index in [2.05, 4.69) is 25.2 Å². The molecule has 2 atom stereocenters. The van der Waals surface area contributed by atoms with E-state index in [0.29, 0.717) is 6.42 Å². The molecule has 0 aliphatic rings. The number of hydrogen-bond donors (Lipinski definition) is 2. The fraction of sp³-hybridized carbons (Fsp3) is 0.353. The van der Waals surface area contributed by atoms with Crippen LogP contribution in [0.15, 0.2) is 36.4 Å². The van der Waals surface area contributed by atoms with Crippen LogP contribution in [0.5, 0.6) is 0 Å². The van der Waals surface area contributed by atoms with Crippen LogP contribution in [0, 0.1) is 13.8 Å². The number of nitrogens with one attached hydrogen (secondary N) is 1. The van der Waals surface area contributed by atoms with Crippen molar-refractivity contribution < 1.29 is 4.79 Å². The lowest BCUT2D eigenvalue weighted by atomic mass is 10.0. The molecule has 2 rings (SSSR count). The Morgan fingerprint density at radius 2 is 1.91 bits per heavy atom. The highest BCUT2D eigenvalue weighted by Crippen LogP contribution is 2.26. The van der Waals surface area contributed by atoms with E-state index in [1.54, 1.807) is 11.3 Å². The van der Waals surface area contributed by atoms with Gasteiger partial charge in [-0.1, -0.05) is 30.3 Å². The van der Waals surface area contributed by atoms with Crippen LogP contribution in [0.25, 0.3) is 0 Å². The minimum absolute atomic E-state index is 0. The van der Waals surface area contributed by atoms with Crippen LogP contribution in [0.2, 0.25) is 0 Å². The van der Waals surface area contributed by atoms with Crippen molar-refractivity contribution in [3.8, 4) is 0 Å². The number of amides is 1. The molecule has 0 bridgehead atoms. The number of benzene rings is 1. The van der Waals surface area contributed by atoms with E-state index in [4.69, 9.17) is 5.73 Å². The summed E-state index contributed by atoms with van der Waals surface area (Å²) in [6, 6.07) is 11.5. The maximum atomic E-state index is 12.2. The lowest BCUT2D eigenvalue weighted by molar-refractivity contribution is -0.123. The highest BCUT2D eigenvalue weighted by Gasteiger charge is 2.18. The van der Waals surface area contributed by atoms with E-state index < -0.39 is 6.04 Å². The maximum absolute atomic E-state index is 12.2. The van der Waals surface area contributed by atoms with Crippen molar-refractivity contribution in [1.29, 1.82) is 0 Å². The molecular weight excluding hydrogens is 316 g/mol. The molecule has 3 nitrogen and oxygen atoms in total. The van der Waals surface area contributed by atoms with Crippen molar-refractivity contribution in [2.75, 3.05) is 0 Å². The van der Waals surface area contributed by atoms with E-state index in [0.717, 1.165) is 5.56 Å². The van der Waals surface area contributed by atoms with Gasteiger partial charge in [-0.3, -0.25) is 4.79 Å². The molecule has 0 fully saturated rings. The first kappa shape index (κ1) is 18.7. The summed E-state index contributed by atoms with van der Waals surface area (Å²) in [7, 11) is 0. The first-order valence-electron chi connectivity index (χ1n) is 7.14. The third kappa shape index (κ3) is 4.83. The molecule has 120 valence electrons. The van der Waals surface area contributed by atoms with Crippen molar-refractivity contribution in [1.82, 2.24) is 5.32 Å². The number of aryl methyl sites for hydroxylation is 2. The SMILES string of the molecule is Cc1cc(C(C)NC(=O)[C@@H](N)Cc2ccccc2)c(C)s1.Cl. The fourth-order valence-electron chi connectivity index (χ4n) is 2.44. The van der Waals surface area contributed by atoms with Gasteiger partial charge in [0.1, 0.15) is 0 Å². The van der Waals surface area contributed by atoms with Gasteiger partial charge in [-0.05, 0) is 44.4 Å². The molecule has 0 radical (unpaired) electrons. The van der Waals surface area contributed by atoms with Crippen LogP contribution in [0.3, 0.4) is 0 Å². The van der Waals surface area contributed by atoms with Crippen molar-refractivity contribution in [3.05, 3.63) is 57.3 Å². The summed E-state index contributed by atoms with van der Waals surface area (Å²) in [4.78, 5) is 14.7. The topological polar surface area (TPSA) is 55.1 Å². The molecule has 3 N–H and O–H groups in total. The van der Waals surface area contributed by atoms with Crippen LogP contribution < -0.4 is 11.1 Å². The number of carbonyl (C=O) groups excluding carboxylic acids is 1. The van der Waals surface area contributed by atoms with Crippen LogP contribution in [-0.2, 0) is 11.2 Å². The summed E-state index contributed by atoms with van der Waals surface area (Å²) in [6.45, 7) is 6.16. The summed E-state index contributed by atoms with van der Waals surface area (Å²) in [5.41, 5.74) is 8.27. The number of halogens is 1. The van der Waals surface area contributed by atoms with E-state index in [-0.39, 0.29) is 24.4 Å². The molecule has 22 heavy (non-hydrogen) atoms. The molecule has 1 amide bonds. The third-order valence-corrected chi connectivity index (χ3v) is 4.52. The number of hydrogen-bond acceptors (Lipinski definition) is 3. The number of nitrogens with two attached hydrogens (primary N) is 1. The number of carbonyl (C=O) groups is 1. The predicted molar refractivity (Wildman–Crippen MR) is 95.7 cm³/mol. The Labute approximate surface area is 142 Å². The molecule has 1 unspecified atom stereocenters. The quantitative estimate of drug-likeness (QED) is 0.876. The second-order valence-electron chi connectivity index (χ2n) is 5.40. The van der Waals surface area contributed by atoms with E-state index in [1.165, 1.54) is 15.3 Å². The Balaban J connectivity index is 0.00000242. The van der Waals surface area contributed by atoms with Gasteiger partial charge < -0.3 is 11.1 Å². The number of thiophene rings is 1. The Morgan fingerprint density at radius 3 is 2.45 bits per heavy atom. The summed E-state index contributed by atoms with van der Waals surface area (Å²) in [6.07, 6.45) is 0.557. The van der Waals surface area contributed by atoms with Crippen LogP contribution in [-0.4, -0.2) is 11.9 Å². The molecule has 2 aromatic rings. The zero-order valence-electron chi connectivity index (χ0n) is 13.1. The van der Waals surface area contributed by atoms with Gasteiger partial charge in [-0.25, -0.2) is 0 Å². The molecule has 1 heterocycles. The smallest absolute Gasteiger partial charge is 0.237 e. The lowest BCUT2D eigenvalue weighted by Crippen LogP contribution is -2.43. The summed E-state index contributed by atoms with van der Waals surface area (Å²) < 4.78 is 0. The zero-order chi connectivity index (χ0) is 15.4. The standard InChI is InChI=1S/C17H22N2OS.ClH/c1-11-9-15(13(3)21-11)12(2)19-17(20)16(18)10-14-7-5-4-6-8-14;/h4-9,12,16H,10,18H2,1-3H3,(H,19,20);1H/t12?,16-;/m0./s1. The van der Waals surface area contributed by atoms with Crippen molar-refractivity contribution in [2.24, 2.45) is 5.73 Å². The predicted octanol–water partition coefficient (Wildman–Crippen LogP) is 3.53. The van der Waals surface area contributed by atoms with Crippen molar-refractivity contribution >= 4 is 29.7 Å². The first-order chi connectivity index (χ1) is 9.97. The molecule has 0 saturated heterocycles. The molecule has 0 aliphatic carbocycles. The van der Waals surface area contributed by atoms with Gasteiger partial charge in [-0.2, -0.15) is 0 Å². The Morgan fingerprint density at radius 1 is 1.27 bits per heavy atom. The Bertz CT molecular complexity index is 612. The van der Waals surface area contributed by atoms with Crippen LogP contribution in [0.1, 0.15) is 33.8 Å². The molecule has 0 spiro atoms. The molecule has 0 saturated carbocycles. The lowest BCUT2D eigenvalue weighted by Gasteiger charge is -2.18. The van der Waals surface area contributed by atoms with E-state index in [1.807, 2.05) is 37.3 Å². The summed E-state index contributed by atoms with van der Waals surface area (Å²) in [5.74, 6) is -0.102. The van der Waals surface area contributed by atoms with Gasteiger partial charge in [0.15, 0.2) is 0 Å². The average molecular weight is 339 g/mol. The maximum Gasteiger partial charge on any atom is 0.237 e. The largest absolute Gasteiger partial charge is 0.348 e. The molecule has 5 heteroatoms. The summed E-state index contributed by atoms with van der Waals surface area (Å²) in [5, 5.41) is 3.01. The monoisotopic (exact) mass is 338 g/mol. The minimum atomic E-state index is -0.519. The van der Waals surface area contributed by atoms with Gasteiger partial charge in [0.2, 0.25) is 5.91 Å². The molecule has 1 aromatic heterocycles. The highest BCUT2D eigenvalue weighted by molar-refractivity contribution is 7.12. The third-order valence-electron chi connectivity index (χ3n) is 3.54. The van der Waals surface area contributed by atoms with E-state index in [9.17, 15) is 4.79 Å². The van der Waals surface area contributed by atoms with Crippen LogP contribution >= 0.6 is 23.7 Å². The second kappa shape index (κ2) is 8.32. The zero-order valence-corrected chi connectivity index (χ0v) is 14.8. The van der Waals surface area contributed by atoms with Crippen molar-refractivity contribution in [3.63, 3.8) is 0 Å². The van der Waals surface area contributed by atoms with Gasteiger partial charge in [0.25, 0.3) is 0 Å². The van der Waals surface area contributed by atoms with Gasteiger partial charge in [-0.15, -0.1) is 23.7 Å². The average Bonchev–Trinajstić information content (AvgIpc) is 2.78. The number of rotatable bonds is 5. The molecular formula is C17H23ClN2OS. The van der Waals surface area contributed by atoms with Gasteiger partial charge in [0.05, 0.1) is 12.1 Å². The van der Waals surface area contributed by atoms with Crippen molar-refractivity contribution in [2.45, 2.75) is 39.3 Å².